The van der Waals surface area contributed by atoms with Crippen LogP contribution in [0.1, 0.15) is 21.5 Å². The summed E-state index contributed by atoms with van der Waals surface area (Å²) in [6.07, 6.45) is 0. The van der Waals surface area contributed by atoms with Gasteiger partial charge < -0.3 is 4.74 Å². The predicted octanol–water partition coefficient (Wildman–Crippen LogP) is 3.14. The van der Waals surface area contributed by atoms with Gasteiger partial charge in [0.05, 0.1) is 12.0 Å². The van der Waals surface area contributed by atoms with E-state index in [0.29, 0.717) is 16.9 Å². The van der Waals surface area contributed by atoms with E-state index in [1.54, 1.807) is 25.3 Å². The summed E-state index contributed by atoms with van der Waals surface area (Å²) in [5, 5.41) is 10.6. The summed E-state index contributed by atoms with van der Waals surface area (Å²) in [6.45, 7) is 1.85. The summed E-state index contributed by atoms with van der Waals surface area (Å²) in [5.41, 5.74) is 1.77. The Morgan fingerprint density at radius 3 is 2.20 bits per heavy atom. The zero-order valence-corrected chi connectivity index (χ0v) is 11.1. The third kappa shape index (κ3) is 2.66. The summed E-state index contributed by atoms with van der Waals surface area (Å²) in [7, 11) is 1.57. The van der Waals surface area contributed by atoms with Crippen molar-refractivity contribution in [2.24, 2.45) is 0 Å². The van der Waals surface area contributed by atoms with E-state index in [9.17, 15) is 14.9 Å². The van der Waals surface area contributed by atoms with Gasteiger partial charge in [-0.1, -0.05) is 0 Å². The van der Waals surface area contributed by atoms with Crippen LogP contribution in [0, 0.1) is 17.0 Å². The molecule has 0 saturated heterocycles. The molecule has 2 aromatic carbocycles. The number of nitrogens with zero attached hydrogens (tertiary/aromatic N) is 1. The van der Waals surface area contributed by atoms with Crippen molar-refractivity contribution in [3.63, 3.8) is 0 Å². The molecule has 5 heteroatoms. The molecule has 0 atom stereocenters. The Labute approximate surface area is 116 Å². The van der Waals surface area contributed by atoms with Gasteiger partial charge in [-0.15, -0.1) is 0 Å². The fraction of sp³-hybridized carbons (Fsp3) is 0.133. The smallest absolute Gasteiger partial charge is 0.269 e. The lowest BCUT2D eigenvalue weighted by Gasteiger charge is -2.06. The van der Waals surface area contributed by atoms with Crippen molar-refractivity contribution in [2.45, 2.75) is 6.92 Å². The Kier molecular flexibility index (Phi) is 3.79. The predicted molar refractivity (Wildman–Crippen MR) is 74.3 cm³/mol. The first kappa shape index (κ1) is 13.7. The normalized spacial score (nSPS) is 10.1. The Hall–Kier alpha value is -2.69. The molecule has 0 aliphatic carbocycles. The molecule has 0 bridgehead atoms. The average molecular weight is 271 g/mol. The summed E-state index contributed by atoms with van der Waals surface area (Å²) in [5.74, 6) is 0.538. The number of non-ortho nitro benzene ring substituents is 1. The number of nitro groups is 1. The van der Waals surface area contributed by atoms with Gasteiger partial charge in [0.25, 0.3) is 5.69 Å². The molecule has 0 N–H and O–H groups in total. The number of benzene rings is 2. The molecular weight excluding hydrogens is 258 g/mol. The van der Waals surface area contributed by atoms with Crippen LogP contribution in [0.2, 0.25) is 0 Å². The molecule has 20 heavy (non-hydrogen) atoms. The fourth-order valence-corrected chi connectivity index (χ4v) is 1.92. The molecule has 2 aromatic rings. The molecule has 0 spiro atoms. The highest BCUT2D eigenvalue weighted by Crippen LogP contribution is 2.21. The van der Waals surface area contributed by atoms with Crippen molar-refractivity contribution in [3.8, 4) is 5.75 Å². The zero-order valence-electron chi connectivity index (χ0n) is 11.1. The highest BCUT2D eigenvalue weighted by atomic mass is 16.6. The van der Waals surface area contributed by atoms with E-state index in [4.69, 9.17) is 4.74 Å². The van der Waals surface area contributed by atoms with Crippen LogP contribution >= 0.6 is 0 Å². The van der Waals surface area contributed by atoms with Gasteiger partial charge >= 0.3 is 0 Å². The first-order valence-electron chi connectivity index (χ1n) is 5.96. The van der Waals surface area contributed by atoms with Gasteiger partial charge in [0.2, 0.25) is 0 Å². The molecule has 2 rings (SSSR count). The molecule has 0 aromatic heterocycles. The van der Waals surface area contributed by atoms with Crippen LogP contribution in [0.15, 0.2) is 42.5 Å². The first-order valence-corrected chi connectivity index (χ1v) is 5.96. The van der Waals surface area contributed by atoms with Gasteiger partial charge in [0.15, 0.2) is 5.78 Å². The van der Waals surface area contributed by atoms with E-state index in [-0.39, 0.29) is 11.5 Å². The average Bonchev–Trinajstić information content (AvgIpc) is 2.46. The molecule has 0 aliphatic rings. The van der Waals surface area contributed by atoms with Crippen LogP contribution in [-0.2, 0) is 0 Å². The van der Waals surface area contributed by atoms with Gasteiger partial charge in [-0.25, -0.2) is 0 Å². The lowest BCUT2D eigenvalue weighted by Crippen LogP contribution is -2.02. The van der Waals surface area contributed by atoms with E-state index in [1.165, 1.54) is 24.3 Å². The van der Waals surface area contributed by atoms with Crippen LogP contribution in [0.3, 0.4) is 0 Å². The maximum Gasteiger partial charge on any atom is 0.269 e. The highest BCUT2D eigenvalue weighted by molar-refractivity contribution is 6.09. The Morgan fingerprint density at radius 1 is 1.10 bits per heavy atom. The number of methoxy groups -OCH3 is 1. The molecule has 0 radical (unpaired) electrons. The van der Waals surface area contributed by atoms with E-state index >= 15 is 0 Å². The second-order valence-corrected chi connectivity index (χ2v) is 4.32. The minimum atomic E-state index is -0.494. The van der Waals surface area contributed by atoms with Gasteiger partial charge in [0, 0.05) is 23.3 Å². The van der Waals surface area contributed by atoms with E-state index in [0.717, 1.165) is 5.56 Å². The number of carbonyl (C=O) groups is 1. The second kappa shape index (κ2) is 5.52. The fourth-order valence-electron chi connectivity index (χ4n) is 1.92. The van der Waals surface area contributed by atoms with Crippen LogP contribution in [0.25, 0.3) is 0 Å². The lowest BCUT2D eigenvalue weighted by molar-refractivity contribution is -0.384. The lowest BCUT2D eigenvalue weighted by atomic mass is 10.0. The molecule has 0 aliphatic heterocycles. The maximum atomic E-state index is 12.3. The van der Waals surface area contributed by atoms with E-state index in [1.807, 2.05) is 6.92 Å². The minimum absolute atomic E-state index is 0.0348. The quantitative estimate of drug-likeness (QED) is 0.486. The summed E-state index contributed by atoms with van der Waals surface area (Å²) < 4.78 is 5.14. The van der Waals surface area contributed by atoms with Crippen molar-refractivity contribution in [1.29, 1.82) is 0 Å². The van der Waals surface area contributed by atoms with Crippen molar-refractivity contribution < 1.29 is 14.5 Å². The minimum Gasteiger partial charge on any atom is -0.496 e. The summed E-state index contributed by atoms with van der Waals surface area (Å²) in [4.78, 5) is 22.3. The number of ketones is 1. The summed E-state index contributed by atoms with van der Waals surface area (Å²) in [6, 6.07) is 10.7. The summed E-state index contributed by atoms with van der Waals surface area (Å²) >= 11 is 0. The molecule has 0 heterocycles. The van der Waals surface area contributed by atoms with Crippen molar-refractivity contribution >= 4 is 11.5 Å². The van der Waals surface area contributed by atoms with Crippen LogP contribution in [0.4, 0.5) is 5.69 Å². The van der Waals surface area contributed by atoms with Crippen LogP contribution < -0.4 is 4.74 Å². The molecule has 0 unspecified atom stereocenters. The molecular formula is C15H13NO4. The number of hydrogen-bond donors (Lipinski definition) is 0. The van der Waals surface area contributed by atoms with E-state index < -0.39 is 4.92 Å². The molecule has 0 fully saturated rings. The molecule has 102 valence electrons. The zero-order chi connectivity index (χ0) is 14.7. The number of rotatable bonds is 4. The highest BCUT2D eigenvalue weighted by Gasteiger charge is 2.12. The monoisotopic (exact) mass is 271 g/mol. The van der Waals surface area contributed by atoms with Crippen molar-refractivity contribution in [1.82, 2.24) is 0 Å². The Bertz CT molecular complexity index is 662. The Morgan fingerprint density at radius 2 is 1.70 bits per heavy atom. The SMILES string of the molecule is COc1ccc(C(=O)c2ccc([N+](=O)[O-])cc2)cc1C. The number of carbonyl (C=O) groups excluding carboxylic acids is 1. The Balaban J connectivity index is 2.31. The van der Waals surface area contributed by atoms with Gasteiger partial charge in [-0.3, -0.25) is 14.9 Å². The van der Waals surface area contributed by atoms with Gasteiger partial charge in [-0.05, 0) is 42.8 Å². The number of aryl methyl sites for hydroxylation is 1. The molecule has 0 saturated carbocycles. The van der Waals surface area contributed by atoms with Crippen molar-refractivity contribution in [3.05, 3.63) is 69.3 Å². The number of ether oxygens (including phenoxy) is 1. The van der Waals surface area contributed by atoms with E-state index in [2.05, 4.69) is 0 Å². The first-order chi connectivity index (χ1) is 9.52. The molecule has 0 amide bonds. The van der Waals surface area contributed by atoms with Crippen LogP contribution in [0.5, 0.6) is 5.75 Å². The molecule has 5 nitrogen and oxygen atoms in total. The topological polar surface area (TPSA) is 69.4 Å². The van der Waals surface area contributed by atoms with Gasteiger partial charge in [0.1, 0.15) is 5.75 Å². The van der Waals surface area contributed by atoms with Gasteiger partial charge in [-0.2, -0.15) is 0 Å². The third-order valence-electron chi connectivity index (χ3n) is 3.00. The standard InChI is InChI=1S/C15H13NO4/c1-10-9-12(5-8-14(10)20-2)15(17)11-3-6-13(7-4-11)16(18)19/h3-9H,1-2H3. The van der Waals surface area contributed by atoms with Crippen LogP contribution in [-0.4, -0.2) is 17.8 Å². The number of nitro benzene ring substituents is 1. The second-order valence-electron chi connectivity index (χ2n) is 4.32. The third-order valence-corrected chi connectivity index (χ3v) is 3.00. The van der Waals surface area contributed by atoms with Crippen molar-refractivity contribution in [2.75, 3.05) is 7.11 Å². The maximum absolute atomic E-state index is 12.3. The largest absolute Gasteiger partial charge is 0.496 e. The number of hydrogen-bond acceptors (Lipinski definition) is 4.